The van der Waals surface area contributed by atoms with Crippen LogP contribution in [-0.2, 0) is 9.53 Å². The number of hydrogen-bond donors (Lipinski definition) is 1. The Morgan fingerprint density at radius 1 is 1.05 bits per heavy atom. The summed E-state index contributed by atoms with van der Waals surface area (Å²) in [4.78, 5) is 31.3. The number of halogens is 1. The topological polar surface area (TPSA) is 86.7 Å². The molecule has 1 saturated heterocycles. The summed E-state index contributed by atoms with van der Waals surface area (Å²) < 4.78 is 24.5. The molecule has 9 nitrogen and oxygen atoms in total. The first-order valence-electron chi connectivity index (χ1n) is 14.1. The minimum Gasteiger partial charge on any atom is -0.495 e. The highest BCUT2D eigenvalue weighted by atomic mass is 19.1. The predicted octanol–water partition coefficient (Wildman–Crippen LogP) is 4.69. The zero-order valence-corrected chi connectivity index (χ0v) is 24.0. The number of urea groups is 1. The van der Waals surface area contributed by atoms with Crippen molar-refractivity contribution >= 4 is 23.3 Å². The minimum atomic E-state index is -0.407. The van der Waals surface area contributed by atoms with Crippen molar-refractivity contribution < 1.29 is 23.5 Å². The number of benzene rings is 3. The van der Waals surface area contributed by atoms with Crippen molar-refractivity contribution in [1.29, 1.82) is 0 Å². The maximum atomic E-state index is 13.9. The molecule has 0 bridgehead atoms. The fourth-order valence-electron chi connectivity index (χ4n) is 5.12. The van der Waals surface area contributed by atoms with Crippen molar-refractivity contribution in [3.8, 4) is 5.75 Å². The number of nitrogens with one attached hydrogen (secondary N) is 1. The second-order valence-corrected chi connectivity index (χ2v) is 10.4. The summed E-state index contributed by atoms with van der Waals surface area (Å²) >= 11 is 0. The van der Waals surface area contributed by atoms with E-state index in [0.717, 1.165) is 29.8 Å². The molecule has 42 heavy (non-hydrogen) atoms. The van der Waals surface area contributed by atoms with E-state index in [1.807, 2.05) is 43.3 Å². The predicted molar refractivity (Wildman–Crippen MR) is 159 cm³/mol. The molecule has 2 heterocycles. The van der Waals surface area contributed by atoms with Crippen LogP contribution in [0.15, 0.2) is 77.9 Å². The molecule has 2 aliphatic rings. The summed E-state index contributed by atoms with van der Waals surface area (Å²) in [6.45, 7) is 5.58. The summed E-state index contributed by atoms with van der Waals surface area (Å²) in [5, 5.41) is 9.10. The molecule has 5 rings (SSSR count). The van der Waals surface area contributed by atoms with Crippen molar-refractivity contribution in [3.63, 3.8) is 0 Å². The number of hydrazone groups is 1. The SMILES string of the molecule is COc1ccccc1NC(=O)N(CCN1CCOCC1)CC(=O)N1N=C(c2ccc(F)cc2)C[C@H]1c1ccc(C)cc1. The molecule has 1 fully saturated rings. The van der Waals surface area contributed by atoms with E-state index in [-0.39, 0.29) is 24.3 Å². The number of ether oxygens (including phenoxy) is 2. The lowest BCUT2D eigenvalue weighted by atomic mass is 9.97. The zero-order valence-electron chi connectivity index (χ0n) is 24.0. The molecule has 1 atom stereocenters. The van der Waals surface area contributed by atoms with E-state index in [1.54, 1.807) is 31.4 Å². The van der Waals surface area contributed by atoms with Gasteiger partial charge in [-0.1, -0.05) is 54.1 Å². The number of rotatable bonds is 9. The van der Waals surface area contributed by atoms with E-state index < -0.39 is 6.03 Å². The summed E-state index contributed by atoms with van der Waals surface area (Å²) in [6, 6.07) is 20.5. The third kappa shape index (κ3) is 7.13. The van der Waals surface area contributed by atoms with E-state index in [0.29, 0.717) is 49.9 Å². The lowest BCUT2D eigenvalue weighted by Gasteiger charge is -2.31. The number of methoxy groups -OCH3 is 1. The van der Waals surface area contributed by atoms with Crippen LogP contribution in [0.2, 0.25) is 0 Å². The van der Waals surface area contributed by atoms with Gasteiger partial charge in [-0.25, -0.2) is 14.2 Å². The van der Waals surface area contributed by atoms with Gasteiger partial charge in [0.25, 0.3) is 5.91 Å². The number of carbonyl (C=O) groups is 2. The fourth-order valence-corrected chi connectivity index (χ4v) is 5.12. The van der Waals surface area contributed by atoms with E-state index in [9.17, 15) is 14.0 Å². The van der Waals surface area contributed by atoms with Gasteiger partial charge < -0.3 is 19.7 Å². The van der Waals surface area contributed by atoms with Crippen LogP contribution in [0, 0.1) is 12.7 Å². The largest absolute Gasteiger partial charge is 0.495 e. The molecule has 2 aliphatic heterocycles. The van der Waals surface area contributed by atoms with Crippen molar-refractivity contribution in [2.45, 2.75) is 19.4 Å². The highest BCUT2D eigenvalue weighted by Gasteiger charge is 2.34. The van der Waals surface area contributed by atoms with Gasteiger partial charge in [0.2, 0.25) is 0 Å². The third-order valence-corrected chi connectivity index (χ3v) is 7.56. The van der Waals surface area contributed by atoms with Crippen LogP contribution in [-0.4, -0.2) is 85.5 Å². The minimum absolute atomic E-state index is 0.173. The molecule has 0 aromatic heterocycles. The number of para-hydroxylation sites is 2. The number of morpholine rings is 1. The fraction of sp³-hybridized carbons (Fsp3) is 0.344. The van der Waals surface area contributed by atoms with E-state index in [2.05, 4.69) is 10.2 Å². The first-order valence-corrected chi connectivity index (χ1v) is 14.1. The van der Waals surface area contributed by atoms with E-state index in [4.69, 9.17) is 14.6 Å². The number of aryl methyl sites for hydroxylation is 1. The lowest BCUT2D eigenvalue weighted by Crippen LogP contribution is -2.47. The molecule has 10 heteroatoms. The Balaban J connectivity index is 1.39. The van der Waals surface area contributed by atoms with Gasteiger partial charge in [0.05, 0.1) is 37.8 Å². The normalized spacial score (nSPS) is 17.1. The molecule has 0 unspecified atom stereocenters. The van der Waals surface area contributed by atoms with Crippen molar-refractivity contribution in [3.05, 3.63) is 95.3 Å². The van der Waals surface area contributed by atoms with Crippen LogP contribution in [0.5, 0.6) is 5.75 Å². The Kier molecular flexibility index (Phi) is 9.45. The van der Waals surface area contributed by atoms with Crippen LogP contribution in [0.4, 0.5) is 14.9 Å². The van der Waals surface area contributed by atoms with Gasteiger partial charge in [-0.2, -0.15) is 5.10 Å². The summed E-state index contributed by atoms with van der Waals surface area (Å²) in [6.07, 6.45) is 0.474. The summed E-state index contributed by atoms with van der Waals surface area (Å²) in [7, 11) is 1.54. The van der Waals surface area contributed by atoms with Crippen molar-refractivity contribution in [1.82, 2.24) is 14.8 Å². The average Bonchev–Trinajstić information content (AvgIpc) is 3.46. The van der Waals surface area contributed by atoms with Gasteiger partial charge in [0, 0.05) is 32.6 Å². The Morgan fingerprint density at radius 3 is 2.48 bits per heavy atom. The second-order valence-electron chi connectivity index (χ2n) is 10.4. The quantitative estimate of drug-likeness (QED) is 0.402. The van der Waals surface area contributed by atoms with Crippen LogP contribution in [0.25, 0.3) is 0 Å². The second kappa shape index (κ2) is 13.6. The molecular weight excluding hydrogens is 537 g/mol. The molecule has 0 aliphatic carbocycles. The maximum Gasteiger partial charge on any atom is 0.322 e. The Hall–Kier alpha value is -4.28. The van der Waals surface area contributed by atoms with Gasteiger partial charge in [0.1, 0.15) is 18.1 Å². The van der Waals surface area contributed by atoms with Crippen molar-refractivity contribution in [2.75, 3.05) is 58.4 Å². The first kappa shape index (κ1) is 29.2. The first-order chi connectivity index (χ1) is 20.4. The number of amides is 3. The highest BCUT2D eigenvalue weighted by molar-refractivity contribution is 6.03. The smallest absolute Gasteiger partial charge is 0.322 e. The van der Waals surface area contributed by atoms with Gasteiger partial charge in [-0.15, -0.1) is 0 Å². The van der Waals surface area contributed by atoms with Crippen molar-refractivity contribution in [2.24, 2.45) is 5.10 Å². The van der Waals surface area contributed by atoms with Gasteiger partial charge in [-0.05, 0) is 42.3 Å². The molecule has 1 N–H and O–H groups in total. The van der Waals surface area contributed by atoms with Crippen LogP contribution in [0.1, 0.15) is 29.2 Å². The lowest BCUT2D eigenvalue weighted by molar-refractivity contribution is -0.133. The monoisotopic (exact) mass is 573 g/mol. The van der Waals surface area contributed by atoms with Crippen LogP contribution >= 0.6 is 0 Å². The molecule has 0 saturated carbocycles. The number of hydrogen-bond acceptors (Lipinski definition) is 6. The zero-order chi connectivity index (χ0) is 29.5. The van der Waals surface area contributed by atoms with E-state index >= 15 is 0 Å². The maximum absolute atomic E-state index is 13.9. The molecule has 3 amide bonds. The van der Waals surface area contributed by atoms with E-state index in [1.165, 1.54) is 22.0 Å². The Labute approximate surface area is 245 Å². The van der Waals surface area contributed by atoms with Crippen LogP contribution < -0.4 is 10.1 Å². The summed E-state index contributed by atoms with van der Waals surface area (Å²) in [5.41, 5.74) is 4.00. The van der Waals surface area contributed by atoms with Gasteiger partial charge >= 0.3 is 6.03 Å². The molecular formula is C32H36FN5O4. The van der Waals surface area contributed by atoms with Gasteiger partial charge in [0.15, 0.2) is 0 Å². The summed E-state index contributed by atoms with van der Waals surface area (Å²) in [5.74, 6) is -0.120. The standard InChI is InChI=1S/C32H36FN5O4/c1-23-7-9-25(10-8-23)29-21-28(24-11-13-26(33)14-12-24)35-38(29)31(39)22-37(16-15-36-17-19-42-20-18-36)32(40)34-27-5-3-4-6-30(27)41-2/h3-14,29H,15-22H2,1-2H3,(H,34,40)/t29-/m0/s1. The number of anilines is 1. The van der Waals surface area contributed by atoms with Crippen LogP contribution in [0.3, 0.4) is 0 Å². The van der Waals surface area contributed by atoms with Gasteiger partial charge in [-0.3, -0.25) is 9.69 Å². The number of carbonyl (C=O) groups excluding carboxylic acids is 2. The molecule has 0 radical (unpaired) electrons. The Morgan fingerprint density at radius 2 is 1.76 bits per heavy atom. The average molecular weight is 574 g/mol. The molecule has 0 spiro atoms. The molecule has 3 aromatic carbocycles. The Bertz CT molecular complexity index is 1410. The third-order valence-electron chi connectivity index (χ3n) is 7.56. The number of nitrogens with zero attached hydrogens (tertiary/aromatic N) is 4. The highest BCUT2D eigenvalue weighted by Crippen LogP contribution is 2.33. The molecule has 220 valence electrons. The molecule has 3 aromatic rings.